The highest BCUT2D eigenvalue weighted by Gasteiger charge is 2.13. The summed E-state index contributed by atoms with van der Waals surface area (Å²) in [6.45, 7) is -2.82. The van der Waals surface area contributed by atoms with E-state index in [4.69, 9.17) is 0 Å². The van der Waals surface area contributed by atoms with Gasteiger partial charge in [-0.2, -0.15) is 13.9 Å². The van der Waals surface area contributed by atoms with Crippen molar-refractivity contribution in [3.8, 4) is 5.88 Å². The average molecular weight is 319 g/mol. The summed E-state index contributed by atoms with van der Waals surface area (Å²) in [4.78, 5) is 19.9. The van der Waals surface area contributed by atoms with Crippen molar-refractivity contribution in [3.05, 3.63) is 54.1 Å². The van der Waals surface area contributed by atoms with Gasteiger partial charge >= 0.3 is 6.61 Å². The van der Waals surface area contributed by atoms with Gasteiger partial charge in [0, 0.05) is 31.2 Å². The third-order valence-electron chi connectivity index (χ3n) is 2.99. The maximum absolute atomic E-state index is 12.2. The van der Waals surface area contributed by atoms with Gasteiger partial charge in [-0.3, -0.25) is 4.79 Å². The number of ether oxygens (including phenoxy) is 1. The Labute approximate surface area is 128 Å². The van der Waals surface area contributed by atoms with E-state index in [0.29, 0.717) is 16.8 Å². The summed E-state index contributed by atoms with van der Waals surface area (Å²) in [5.41, 5.74) is 1.33. The van der Waals surface area contributed by atoms with Gasteiger partial charge in [-0.25, -0.2) is 14.5 Å². The summed E-state index contributed by atoms with van der Waals surface area (Å²) in [6, 6.07) is 4.62. The minimum atomic E-state index is -2.95. The largest absolute Gasteiger partial charge is 0.417 e. The van der Waals surface area contributed by atoms with E-state index >= 15 is 0 Å². The number of halogens is 2. The molecule has 0 aromatic carbocycles. The fourth-order valence-corrected chi connectivity index (χ4v) is 1.98. The second-order valence-corrected chi connectivity index (χ2v) is 4.51. The highest BCUT2D eigenvalue weighted by Crippen LogP contribution is 2.13. The molecule has 0 fully saturated rings. The minimum absolute atomic E-state index is 0.130. The molecule has 118 valence electrons. The molecular formula is C14H11F2N5O2. The third-order valence-corrected chi connectivity index (χ3v) is 2.99. The molecule has 3 aromatic heterocycles. The molecule has 3 heterocycles. The molecule has 9 heteroatoms. The number of rotatable bonds is 5. The second kappa shape index (κ2) is 6.34. The van der Waals surface area contributed by atoms with Crippen molar-refractivity contribution in [1.82, 2.24) is 24.9 Å². The summed E-state index contributed by atoms with van der Waals surface area (Å²) in [5.74, 6) is -0.573. The lowest BCUT2D eigenvalue weighted by atomic mass is 10.2. The van der Waals surface area contributed by atoms with Gasteiger partial charge < -0.3 is 10.1 Å². The van der Waals surface area contributed by atoms with Crippen LogP contribution in [0.2, 0.25) is 0 Å². The molecule has 7 nitrogen and oxygen atoms in total. The first kappa shape index (κ1) is 14.8. The van der Waals surface area contributed by atoms with Gasteiger partial charge in [0.15, 0.2) is 5.65 Å². The number of hydrogen-bond donors (Lipinski definition) is 1. The van der Waals surface area contributed by atoms with E-state index in [0.717, 1.165) is 0 Å². The zero-order valence-electron chi connectivity index (χ0n) is 11.7. The summed E-state index contributed by atoms with van der Waals surface area (Å²) >= 11 is 0. The van der Waals surface area contributed by atoms with Crippen molar-refractivity contribution in [2.45, 2.75) is 13.2 Å². The van der Waals surface area contributed by atoms with Crippen LogP contribution in [0.4, 0.5) is 8.78 Å². The van der Waals surface area contributed by atoms with E-state index in [-0.39, 0.29) is 18.3 Å². The van der Waals surface area contributed by atoms with Gasteiger partial charge in [-0.05, 0) is 17.7 Å². The molecule has 0 aliphatic carbocycles. The number of nitrogens with one attached hydrogen (secondary N) is 1. The van der Waals surface area contributed by atoms with Crippen molar-refractivity contribution in [1.29, 1.82) is 0 Å². The smallest absolute Gasteiger partial charge is 0.388 e. The lowest BCUT2D eigenvalue weighted by molar-refractivity contribution is -0.0529. The number of carbonyl (C=O) groups excluding carboxylic acids is 1. The molecule has 0 spiro atoms. The Morgan fingerprint density at radius 2 is 2.22 bits per heavy atom. The number of pyridine rings is 1. The molecule has 0 atom stereocenters. The summed E-state index contributed by atoms with van der Waals surface area (Å²) in [7, 11) is 0. The number of amides is 1. The first-order chi connectivity index (χ1) is 11.1. The number of carbonyl (C=O) groups is 1. The van der Waals surface area contributed by atoms with Crippen LogP contribution in [0.3, 0.4) is 0 Å². The van der Waals surface area contributed by atoms with Crippen LogP contribution in [-0.2, 0) is 6.54 Å². The Kier molecular flexibility index (Phi) is 4.09. The number of alkyl halides is 2. The Bertz CT molecular complexity index is 837. The van der Waals surface area contributed by atoms with Gasteiger partial charge in [0.2, 0.25) is 5.88 Å². The van der Waals surface area contributed by atoms with Crippen LogP contribution in [0.1, 0.15) is 15.9 Å². The molecule has 0 bridgehead atoms. The molecule has 0 aliphatic heterocycles. The highest BCUT2D eigenvalue weighted by atomic mass is 19.3. The molecule has 23 heavy (non-hydrogen) atoms. The monoisotopic (exact) mass is 319 g/mol. The second-order valence-electron chi connectivity index (χ2n) is 4.51. The van der Waals surface area contributed by atoms with Gasteiger partial charge in [0.05, 0.1) is 6.20 Å². The molecule has 0 aliphatic rings. The highest BCUT2D eigenvalue weighted by molar-refractivity contribution is 5.99. The van der Waals surface area contributed by atoms with E-state index in [1.807, 2.05) is 0 Å². The Morgan fingerprint density at radius 1 is 1.35 bits per heavy atom. The molecule has 0 unspecified atom stereocenters. The SMILES string of the molecule is O=C(NCc1ccnc(OC(F)F)c1)c1cnn2cccnc12. The maximum atomic E-state index is 12.2. The first-order valence-electron chi connectivity index (χ1n) is 6.60. The van der Waals surface area contributed by atoms with Crippen LogP contribution in [0.5, 0.6) is 5.88 Å². The normalized spacial score (nSPS) is 10.9. The van der Waals surface area contributed by atoms with Crippen molar-refractivity contribution < 1.29 is 18.3 Å². The number of fused-ring (bicyclic) bond motifs is 1. The lowest BCUT2D eigenvalue weighted by Gasteiger charge is -2.07. The van der Waals surface area contributed by atoms with Gasteiger partial charge in [0.25, 0.3) is 5.91 Å². The molecule has 0 saturated carbocycles. The summed E-state index contributed by atoms with van der Waals surface area (Å²) < 4.78 is 30.0. The molecule has 0 saturated heterocycles. The van der Waals surface area contributed by atoms with E-state index in [2.05, 4.69) is 25.1 Å². The predicted molar refractivity (Wildman–Crippen MR) is 75.0 cm³/mol. The molecule has 3 aromatic rings. The number of aromatic nitrogens is 4. The third kappa shape index (κ3) is 3.39. The zero-order chi connectivity index (χ0) is 16.2. The van der Waals surface area contributed by atoms with Gasteiger partial charge in [-0.15, -0.1) is 0 Å². The van der Waals surface area contributed by atoms with Crippen molar-refractivity contribution in [2.75, 3.05) is 0 Å². The molecule has 1 N–H and O–H groups in total. The van der Waals surface area contributed by atoms with Crippen molar-refractivity contribution >= 4 is 11.6 Å². The van der Waals surface area contributed by atoms with Gasteiger partial charge in [-0.1, -0.05) is 0 Å². The number of nitrogens with zero attached hydrogens (tertiary/aromatic N) is 4. The van der Waals surface area contributed by atoms with E-state index in [1.54, 1.807) is 24.5 Å². The minimum Gasteiger partial charge on any atom is -0.417 e. The Morgan fingerprint density at radius 3 is 3.04 bits per heavy atom. The maximum Gasteiger partial charge on any atom is 0.388 e. The molecule has 1 amide bonds. The average Bonchev–Trinajstić information content (AvgIpc) is 2.96. The van der Waals surface area contributed by atoms with Crippen LogP contribution >= 0.6 is 0 Å². The first-order valence-corrected chi connectivity index (χ1v) is 6.60. The standard InChI is InChI=1S/C14H11F2N5O2/c15-14(16)23-11-6-9(2-4-17-11)7-19-13(22)10-8-20-21-5-1-3-18-12(10)21/h1-6,8,14H,7H2,(H,19,22). The van der Waals surface area contributed by atoms with Crippen LogP contribution in [-0.4, -0.2) is 32.1 Å². The Hall–Kier alpha value is -3.10. The van der Waals surface area contributed by atoms with E-state index in [1.165, 1.54) is 23.0 Å². The van der Waals surface area contributed by atoms with Crippen LogP contribution < -0.4 is 10.1 Å². The molecular weight excluding hydrogens is 308 g/mol. The Balaban J connectivity index is 1.69. The van der Waals surface area contributed by atoms with Crippen LogP contribution in [0, 0.1) is 0 Å². The quantitative estimate of drug-likeness (QED) is 0.773. The summed E-state index contributed by atoms with van der Waals surface area (Å²) in [5, 5.41) is 6.69. The molecule has 3 rings (SSSR count). The van der Waals surface area contributed by atoms with Crippen LogP contribution in [0.15, 0.2) is 43.0 Å². The van der Waals surface area contributed by atoms with Crippen molar-refractivity contribution in [3.63, 3.8) is 0 Å². The zero-order valence-corrected chi connectivity index (χ0v) is 11.7. The van der Waals surface area contributed by atoms with Crippen molar-refractivity contribution in [2.24, 2.45) is 0 Å². The topological polar surface area (TPSA) is 81.4 Å². The lowest BCUT2D eigenvalue weighted by Crippen LogP contribution is -2.22. The predicted octanol–water partition coefficient (Wildman–Crippen LogP) is 1.66. The molecule has 0 radical (unpaired) electrons. The fraction of sp³-hybridized carbons (Fsp3) is 0.143. The van der Waals surface area contributed by atoms with E-state index in [9.17, 15) is 13.6 Å². The van der Waals surface area contributed by atoms with Gasteiger partial charge in [0.1, 0.15) is 5.56 Å². The summed E-state index contributed by atoms with van der Waals surface area (Å²) in [6.07, 6.45) is 5.98. The van der Waals surface area contributed by atoms with E-state index < -0.39 is 6.61 Å². The number of hydrogen-bond acceptors (Lipinski definition) is 5. The fourth-order valence-electron chi connectivity index (χ4n) is 1.98. The van der Waals surface area contributed by atoms with Crippen LogP contribution in [0.25, 0.3) is 5.65 Å².